The monoisotopic (exact) mass is 376 g/mol. The van der Waals surface area contributed by atoms with Crippen molar-refractivity contribution in [3.8, 4) is 0 Å². The van der Waals surface area contributed by atoms with Crippen LogP contribution in [0.5, 0.6) is 0 Å². The van der Waals surface area contributed by atoms with E-state index >= 15 is 0 Å². The average molecular weight is 377 g/mol. The Morgan fingerprint density at radius 3 is 2.54 bits per heavy atom. The minimum atomic E-state index is -0.274. The lowest BCUT2D eigenvalue weighted by Gasteiger charge is -2.38. The number of carbonyl (C=O) groups excluding carboxylic acids is 1. The van der Waals surface area contributed by atoms with Crippen LogP contribution in [0.2, 0.25) is 0 Å². The van der Waals surface area contributed by atoms with Gasteiger partial charge in [0.25, 0.3) is 0 Å². The van der Waals surface area contributed by atoms with Crippen LogP contribution in [0.1, 0.15) is 17.2 Å². The highest BCUT2D eigenvalue weighted by atomic mass is 32.1. The highest BCUT2D eigenvalue weighted by molar-refractivity contribution is 7.07. The number of benzene rings is 1. The number of urea groups is 1. The second-order valence-electron chi connectivity index (χ2n) is 6.60. The smallest absolute Gasteiger partial charge is 0.315 e. The van der Waals surface area contributed by atoms with Crippen molar-refractivity contribution < 1.29 is 9.18 Å². The predicted octanol–water partition coefficient (Wildman–Crippen LogP) is 2.68. The van der Waals surface area contributed by atoms with Crippen molar-refractivity contribution in [3.63, 3.8) is 0 Å². The van der Waals surface area contributed by atoms with Crippen molar-refractivity contribution >= 4 is 17.4 Å². The number of nitrogens with zero attached hydrogens (tertiary/aromatic N) is 2. The molecule has 1 aromatic heterocycles. The first kappa shape index (κ1) is 18.8. The molecule has 7 heteroatoms. The number of likely N-dealkylation sites (N-methyl/N-ethyl adjacent to an activating group) is 1. The molecule has 0 bridgehead atoms. The van der Waals surface area contributed by atoms with Crippen molar-refractivity contribution in [2.45, 2.75) is 12.6 Å². The van der Waals surface area contributed by atoms with Gasteiger partial charge in [0.05, 0.1) is 6.04 Å². The van der Waals surface area contributed by atoms with Gasteiger partial charge in [-0.25, -0.2) is 9.18 Å². The van der Waals surface area contributed by atoms with Gasteiger partial charge in [-0.3, -0.25) is 4.90 Å². The Labute approximate surface area is 157 Å². The first-order valence-corrected chi connectivity index (χ1v) is 9.77. The van der Waals surface area contributed by atoms with E-state index in [1.165, 1.54) is 17.7 Å². The summed E-state index contributed by atoms with van der Waals surface area (Å²) in [6.45, 7) is 5.01. The molecule has 2 amide bonds. The normalized spacial score (nSPS) is 17.0. The Balaban J connectivity index is 1.52. The van der Waals surface area contributed by atoms with Gasteiger partial charge in [-0.1, -0.05) is 12.1 Å². The number of carbonyl (C=O) groups is 1. The van der Waals surface area contributed by atoms with Crippen molar-refractivity contribution in [2.24, 2.45) is 0 Å². The van der Waals surface area contributed by atoms with Crippen molar-refractivity contribution in [1.82, 2.24) is 20.4 Å². The zero-order valence-corrected chi connectivity index (χ0v) is 15.8. The second-order valence-corrected chi connectivity index (χ2v) is 7.38. The summed E-state index contributed by atoms with van der Waals surface area (Å²) >= 11 is 1.68. The van der Waals surface area contributed by atoms with Crippen molar-refractivity contribution in [1.29, 1.82) is 0 Å². The van der Waals surface area contributed by atoms with Gasteiger partial charge < -0.3 is 15.5 Å². The summed E-state index contributed by atoms with van der Waals surface area (Å²) in [6, 6.07) is 8.26. The molecule has 3 rings (SSSR count). The zero-order valence-electron chi connectivity index (χ0n) is 15.0. The van der Waals surface area contributed by atoms with Gasteiger partial charge in [0, 0.05) is 39.3 Å². The largest absolute Gasteiger partial charge is 0.336 e. The minimum absolute atomic E-state index is 0.187. The van der Waals surface area contributed by atoms with Gasteiger partial charge in [0.2, 0.25) is 0 Å². The van der Waals surface area contributed by atoms with Crippen LogP contribution in [-0.2, 0) is 6.54 Å². The number of rotatable bonds is 6. The van der Waals surface area contributed by atoms with E-state index in [0.717, 1.165) is 31.7 Å². The second kappa shape index (κ2) is 9.12. The molecule has 26 heavy (non-hydrogen) atoms. The Morgan fingerprint density at radius 2 is 1.88 bits per heavy atom. The van der Waals surface area contributed by atoms with Gasteiger partial charge in [-0.15, -0.1) is 0 Å². The predicted molar refractivity (Wildman–Crippen MR) is 103 cm³/mol. The minimum Gasteiger partial charge on any atom is -0.336 e. The first-order valence-electron chi connectivity index (χ1n) is 8.82. The molecular formula is C19H25FN4OS. The van der Waals surface area contributed by atoms with E-state index in [0.29, 0.717) is 13.1 Å². The Morgan fingerprint density at radius 1 is 1.15 bits per heavy atom. The van der Waals surface area contributed by atoms with E-state index < -0.39 is 0 Å². The molecule has 1 atom stereocenters. The highest BCUT2D eigenvalue weighted by Gasteiger charge is 2.24. The molecule has 2 heterocycles. The quantitative estimate of drug-likeness (QED) is 0.815. The molecule has 0 unspecified atom stereocenters. The molecule has 2 aromatic rings. The summed E-state index contributed by atoms with van der Waals surface area (Å²) in [7, 11) is 2.14. The number of halogens is 1. The number of hydrogen-bond acceptors (Lipinski definition) is 4. The number of nitrogens with one attached hydrogen (secondary N) is 2. The molecule has 140 valence electrons. The van der Waals surface area contributed by atoms with Gasteiger partial charge in [0.15, 0.2) is 0 Å². The van der Waals surface area contributed by atoms with Crippen LogP contribution in [0.3, 0.4) is 0 Å². The third kappa shape index (κ3) is 5.27. The maximum absolute atomic E-state index is 12.9. The molecule has 1 aliphatic heterocycles. The summed E-state index contributed by atoms with van der Waals surface area (Å²) in [6.07, 6.45) is 0. The van der Waals surface area contributed by atoms with Crippen molar-refractivity contribution in [2.75, 3.05) is 39.8 Å². The average Bonchev–Trinajstić information content (AvgIpc) is 3.17. The molecule has 0 aliphatic carbocycles. The number of hydrogen-bond donors (Lipinski definition) is 2. The highest BCUT2D eigenvalue weighted by Crippen LogP contribution is 2.23. The lowest BCUT2D eigenvalue weighted by atomic mass is 10.1. The van der Waals surface area contributed by atoms with Crippen LogP contribution < -0.4 is 10.6 Å². The van der Waals surface area contributed by atoms with E-state index in [1.807, 2.05) is 0 Å². The molecular weight excluding hydrogens is 351 g/mol. The van der Waals surface area contributed by atoms with Crippen molar-refractivity contribution in [3.05, 3.63) is 58.0 Å². The number of amides is 2. The van der Waals surface area contributed by atoms with Crippen LogP contribution >= 0.6 is 11.3 Å². The fraction of sp³-hybridized carbons (Fsp3) is 0.421. The van der Waals surface area contributed by atoms with E-state index in [2.05, 4.69) is 44.3 Å². The first-order chi connectivity index (χ1) is 12.6. The topological polar surface area (TPSA) is 47.6 Å². The van der Waals surface area contributed by atoms with Crippen LogP contribution in [0.25, 0.3) is 0 Å². The third-order valence-electron chi connectivity index (χ3n) is 4.73. The van der Waals surface area contributed by atoms with E-state index in [9.17, 15) is 9.18 Å². The summed E-state index contributed by atoms with van der Waals surface area (Å²) in [4.78, 5) is 16.9. The molecule has 2 N–H and O–H groups in total. The Kier molecular flexibility index (Phi) is 6.60. The lowest BCUT2D eigenvalue weighted by Crippen LogP contribution is -2.49. The van der Waals surface area contributed by atoms with Crippen LogP contribution in [-0.4, -0.2) is 55.6 Å². The summed E-state index contributed by atoms with van der Waals surface area (Å²) in [5.41, 5.74) is 2.12. The van der Waals surface area contributed by atoms with Gasteiger partial charge >= 0.3 is 6.03 Å². The molecule has 1 fully saturated rings. The van der Waals surface area contributed by atoms with E-state index in [4.69, 9.17) is 0 Å². The fourth-order valence-electron chi connectivity index (χ4n) is 3.09. The molecule has 1 saturated heterocycles. The maximum Gasteiger partial charge on any atom is 0.315 e. The molecule has 0 spiro atoms. The standard InChI is InChI=1S/C19H25FN4OS/c1-23-7-9-24(10-8-23)18(16-6-11-26-14-16)13-22-19(25)21-12-15-2-4-17(20)5-3-15/h2-6,11,14,18H,7-10,12-13H2,1H3,(H2,21,22,25)/t18-/m0/s1. The lowest BCUT2D eigenvalue weighted by molar-refractivity contribution is 0.111. The van der Waals surface area contributed by atoms with Gasteiger partial charge in [-0.2, -0.15) is 11.3 Å². The number of piperazine rings is 1. The summed E-state index contributed by atoms with van der Waals surface area (Å²) in [5.74, 6) is -0.274. The molecule has 5 nitrogen and oxygen atoms in total. The zero-order chi connectivity index (χ0) is 18.4. The Hall–Kier alpha value is -1.96. The number of thiophene rings is 1. The summed E-state index contributed by atoms with van der Waals surface area (Å²) in [5, 5.41) is 10.0. The molecule has 0 radical (unpaired) electrons. The molecule has 1 aliphatic rings. The molecule has 1 aromatic carbocycles. The SMILES string of the molecule is CN1CCN([C@@H](CNC(=O)NCc2ccc(F)cc2)c2ccsc2)CC1. The van der Waals surface area contributed by atoms with Crippen LogP contribution in [0.4, 0.5) is 9.18 Å². The van der Waals surface area contributed by atoms with E-state index in [1.54, 1.807) is 23.5 Å². The summed E-state index contributed by atoms with van der Waals surface area (Å²) < 4.78 is 12.9. The fourth-order valence-corrected chi connectivity index (χ4v) is 3.80. The maximum atomic E-state index is 12.9. The van der Waals surface area contributed by atoms with Crippen LogP contribution in [0, 0.1) is 5.82 Å². The Bertz CT molecular complexity index is 684. The van der Waals surface area contributed by atoms with Gasteiger partial charge in [0.1, 0.15) is 5.82 Å². The third-order valence-corrected chi connectivity index (χ3v) is 5.43. The van der Waals surface area contributed by atoms with E-state index in [-0.39, 0.29) is 17.9 Å². The van der Waals surface area contributed by atoms with Gasteiger partial charge in [-0.05, 0) is 47.1 Å². The van der Waals surface area contributed by atoms with Crippen LogP contribution in [0.15, 0.2) is 41.1 Å². The molecule has 0 saturated carbocycles.